The first-order valence-corrected chi connectivity index (χ1v) is 10.8. The van der Waals surface area contributed by atoms with Crippen molar-refractivity contribution < 1.29 is 19.1 Å². The Morgan fingerprint density at radius 3 is 1.83 bits per heavy atom. The van der Waals surface area contributed by atoms with E-state index < -0.39 is 5.60 Å². The van der Waals surface area contributed by atoms with E-state index in [2.05, 4.69) is 25.6 Å². The van der Waals surface area contributed by atoms with Crippen molar-refractivity contribution in [2.24, 2.45) is 5.41 Å². The van der Waals surface area contributed by atoms with Gasteiger partial charge < -0.3 is 9.64 Å². The van der Waals surface area contributed by atoms with Crippen LogP contribution in [0.15, 0.2) is 42.5 Å². The van der Waals surface area contributed by atoms with Crippen molar-refractivity contribution in [2.45, 2.75) is 72.8 Å². The monoisotopic (exact) mass is 415 g/mol. The highest BCUT2D eigenvalue weighted by Crippen LogP contribution is 2.43. The van der Waals surface area contributed by atoms with Crippen molar-refractivity contribution in [3.05, 3.63) is 48.0 Å². The Kier molecular flexibility index (Phi) is 9.47. The van der Waals surface area contributed by atoms with Gasteiger partial charge in [-0.2, -0.15) is 0 Å². The topological polar surface area (TPSA) is 63.7 Å². The first kappa shape index (κ1) is 25.6. The second kappa shape index (κ2) is 11.1. The average Bonchev–Trinajstić information content (AvgIpc) is 2.68. The molecule has 1 heterocycles. The molecule has 0 N–H and O–H groups in total. The number of ether oxygens (including phenoxy) is 1. The molecule has 30 heavy (non-hydrogen) atoms. The van der Waals surface area contributed by atoms with Crippen molar-refractivity contribution in [2.75, 3.05) is 13.1 Å². The minimum atomic E-state index is -0.513. The van der Waals surface area contributed by atoms with Gasteiger partial charge in [-0.05, 0) is 46.0 Å². The number of allylic oxidation sites excluding steroid dienone is 1. The van der Waals surface area contributed by atoms with Gasteiger partial charge >= 0.3 is 6.09 Å². The quantitative estimate of drug-likeness (QED) is 0.414. The number of hydrogen-bond acceptors (Lipinski definition) is 4. The fourth-order valence-electron chi connectivity index (χ4n) is 3.49. The van der Waals surface area contributed by atoms with Crippen LogP contribution in [0.2, 0.25) is 0 Å². The molecule has 1 aromatic carbocycles. The van der Waals surface area contributed by atoms with Gasteiger partial charge in [-0.1, -0.05) is 56.3 Å². The molecule has 1 saturated heterocycles. The summed E-state index contributed by atoms with van der Waals surface area (Å²) in [4.78, 5) is 37.4. The number of Topliss-reactive ketones (excluding diaryl/α,β-unsaturated/α-hetero) is 2. The molecule has 1 aliphatic carbocycles. The van der Waals surface area contributed by atoms with E-state index in [0.717, 1.165) is 0 Å². The van der Waals surface area contributed by atoms with E-state index in [9.17, 15) is 14.4 Å². The molecule has 0 aromatic heterocycles. The van der Waals surface area contributed by atoms with E-state index in [0.29, 0.717) is 38.8 Å². The van der Waals surface area contributed by atoms with Crippen molar-refractivity contribution >= 4 is 17.7 Å². The predicted octanol–water partition coefficient (Wildman–Crippen LogP) is 5.51. The van der Waals surface area contributed by atoms with Gasteiger partial charge in [0.2, 0.25) is 0 Å². The molecular weight excluding hydrogens is 378 g/mol. The fourth-order valence-corrected chi connectivity index (χ4v) is 3.49. The highest BCUT2D eigenvalue weighted by atomic mass is 16.6. The lowest BCUT2D eigenvalue weighted by Gasteiger charge is -2.43. The Bertz CT molecular complexity index is 716. The third kappa shape index (κ3) is 7.77. The van der Waals surface area contributed by atoms with E-state index >= 15 is 0 Å². The molecule has 0 bridgehead atoms. The maximum atomic E-state index is 12.0. The third-order valence-electron chi connectivity index (χ3n) is 5.16. The van der Waals surface area contributed by atoms with Crippen LogP contribution >= 0.6 is 0 Å². The zero-order valence-electron chi connectivity index (χ0n) is 19.4. The average molecular weight is 416 g/mol. The molecule has 5 nitrogen and oxygen atoms in total. The molecule has 1 spiro atoms. The standard InChI is InChI=1S/C16H23NO4.C7H8.C2H6/c1-11-12(18)9-16(10-13(11)19)5-7-17(8-6-16)14(20)21-15(2,3)4;1-7-5-3-2-4-6-7;1-2/h1,5-10H2,2-4H3;2-6H,1H3;1-2H3. The Morgan fingerprint density at radius 2 is 1.47 bits per heavy atom. The molecule has 166 valence electrons. The van der Waals surface area contributed by atoms with E-state index in [1.165, 1.54) is 5.56 Å². The van der Waals surface area contributed by atoms with Gasteiger partial charge in [-0.3, -0.25) is 9.59 Å². The van der Waals surface area contributed by atoms with Crippen LogP contribution in [0.3, 0.4) is 0 Å². The summed E-state index contributed by atoms with van der Waals surface area (Å²) in [5, 5.41) is 0. The van der Waals surface area contributed by atoms with Crippen LogP contribution in [0.5, 0.6) is 0 Å². The number of piperidine rings is 1. The zero-order valence-corrected chi connectivity index (χ0v) is 19.4. The molecule has 1 aliphatic heterocycles. The molecule has 0 atom stereocenters. The highest BCUT2D eigenvalue weighted by Gasteiger charge is 2.44. The van der Waals surface area contributed by atoms with Crippen LogP contribution in [0.1, 0.15) is 65.9 Å². The summed E-state index contributed by atoms with van der Waals surface area (Å²) in [6, 6.07) is 10.3. The number of nitrogens with zero attached hydrogens (tertiary/aromatic N) is 1. The van der Waals surface area contributed by atoms with Crippen LogP contribution in [0.4, 0.5) is 4.79 Å². The number of hydrogen-bond donors (Lipinski definition) is 0. The minimum absolute atomic E-state index is 0.134. The molecule has 0 radical (unpaired) electrons. The van der Waals surface area contributed by atoms with Crippen LogP contribution in [0.25, 0.3) is 0 Å². The maximum Gasteiger partial charge on any atom is 0.410 e. The first-order chi connectivity index (χ1) is 14.0. The van der Waals surface area contributed by atoms with Crippen LogP contribution in [-0.2, 0) is 14.3 Å². The van der Waals surface area contributed by atoms with E-state index in [1.807, 2.05) is 52.8 Å². The SMILES string of the molecule is C=C1C(=O)CC2(CCN(C(=O)OC(C)(C)C)CC2)CC1=O.CC.Cc1ccccc1. The Balaban J connectivity index is 0.000000418. The molecular formula is C25H37NO4. The van der Waals surface area contributed by atoms with E-state index in [1.54, 1.807) is 4.90 Å². The van der Waals surface area contributed by atoms with Crippen LogP contribution in [-0.4, -0.2) is 41.3 Å². The summed E-state index contributed by atoms with van der Waals surface area (Å²) in [7, 11) is 0. The number of amides is 1. The van der Waals surface area contributed by atoms with E-state index in [-0.39, 0.29) is 28.6 Å². The number of ketones is 2. The number of carbonyl (C=O) groups is 3. The Morgan fingerprint density at radius 1 is 1.00 bits per heavy atom. The van der Waals surface area contributed by atoms with Crippen molar-refractivity contribution in [1.82, 2.24) is 4.90 Å². The molecule has 1 aromatic rings. The fraction of sp³-hybridized carbons (Fsp3) is 0.560. The normalized spacial score (nSPS) is 18.1. The third-order valence-corrected chi connectivity index (χ3v) is 5.16. The van der Waals surface area contributed by atoms with E-state index in [4.69, 9.17) is 4.74 Å². The number of benzene rings is 1. The van der Waals surface area contributed by atoms with Crippen molar-refractivity contribution in [3.8, 4) is 0 Å². The Hall–Kier alpha value is -2.43. The summed E-state index contributed by atoms with van der Waals surface area (Å²) in [5.74, 6) is -0.283. The van der Waals surface area contributed by atoms with Gasteiger partial charge in [0, 0.05) is 25.9 Å². The largest absolute Gasteiger partial charge is 0.444 e. The lowest BCUT2D eigenvalue weighted by atomic mass is 9.66. The summed E-state index contributed by atoms with van der Waals surface area (Å²) in [6.45, 7) is 16.2. The molecule has 2 aliphatic rings. The minimum Gasteiger partial charge on any atom is -0.444 e. The molecule has 5 heteroatoms. The van der Waals surface area contributed by atoms with Crippen LogP contribution in [0, 0.1) is 12.3 Å². The molecule has 1 amide bonds. The summed E-state index contributed by atoms with van der Waals surface area (Å²) < 4.78 is 5.35. The van der Waals surface area contributed by atoms with Crippen molar-refractivity contribution in [3.63, 3.8) is 0 Å². The maximum absolute atomic E-state index is 12.0. The van der Waals surface area contributed by atoms with Gasteiger partial charge in [0.25, 0.3) is 0 Å². The number of rotatable bonds is 0. The smallest absolute Gasteiger partial charge is 0.410 e. The second-order valence-electron chi connectivity index (χ2n) is 8.80. The number of likely N-dealkylation sites (tertiary alicyclic amines) is 1. The summed E-state index contributed by atoms with van der Waals surface area (Å²) >= 11 is 0. The number of carbonyl (C=O) groups excluding carboxylic acids is 3. The molecule has 0 unspecified atom stereocenters. The van der Waals surface area contributed by atoms with Gasteiger partial charge in [-0.25, -0.2) is 4.79 Å². The predicted molar refractivity (Wildman–Crippen MR) is 120 cm³/mol. The molecule has 1 saturated carbocycles. The molecule has 3 rings (SSSR count). The highest BCUT2D eigenvalue weighted by molar-refractivity contribution is 6.21. The lowest BCUT2D eigenvalue weighted by molar-refractivity contribution is -0.129. The first-order valence-electron chi connectivity index (χ1n) is 10.8. The second-order valence-corrected chi connectivity index (χ2v) is 8.80. The van der Waals surface area contributed by atoms with Crippen LogP contribution < -0.4 is 0 Å². The lowest BCUT2D eigenvalue weighted by Crippen LogP contribution is -2.48. The summed E-state index contributed by atoms with van der Waals surface area (Å²) in [6.07, 6.45) is 1.75. The summed E-state index contributed by atoms with van der Waals surface area (Å²) in [5.41, 5.74) is 0.659. The van der Waals surface area contributed by atoms with Gasteiger partial charge in [0.05, 0.1) is 5.57 Å². The number of aryl methyl sites for hydroxylation is 1. The van der Waals surface area contributed by atoms with Gasteiger partial charge in [0.1, 0.15) is 5.60 Å². The zero-order chi connectivity index (χ0) is 22.9. The molecule has 2 fully saturated rings. The van der Waals surface area contributed by atoms with Gasteiger partial charge in [-0.15, -0.1) is 0 Å². The van der Waals surface area contributed by atoms with Crippen molar-refractivity contribution in [1.29, 1.82) is 0 Å². The van der Waals surface area contributed by atoms with Gasteiger partial charge in [0.15, 0.2) is 11.6 Å². The Labute approximate surface area is 181 Å².